The van der Waals surface area contributed by atoms with Gasteiger partial charge in [-0.05, 0) is 68.3 Å². The molecular weight excluding hydrogens is 246 g/mol. The van der Waals surface area contributed by atoms with Gasteiger partial charge in [0.05, 0.1) is 7.11 Å². The Morgan fingerprint density at radius 3 is 2.50 bits per heavy atom. The van der Waals surface area contributed by atoms with Crippen molar-refractivity contribution in [3.63, 3.8) is 0 Å². The van der Waals surface area contributed by atoms with Crippen LogP contribution >= 0.6 is 0 Å². The second-order valence-electron chi connectivity index (χ2n) is 6.33. The van der Waals surface area contributed by atoms with Gasteiger partial charge < -0.3 is 10.1 Å². The van der Waals surface area contributed by atoms with Gasteiger partial charge in [0.1, 0.15) is 5.75 Å². The van der Waals surface area contributed by atoms with E-state index < -0.39 is 0 Å². The summed E-state index contributed by atoms with van der Waals surface area (Å²) in [5.41, 5.74) is 2.65. The summed E-state index contributed by atoms with van der Waals surface area (Å²) in [5, 5.41) is 3.52. The molecule has 1 rings (SSSR count). The lowest BCUT2D eigenvalue weighted by molar-refractivity contribution is 0.411. The predicted molar refractivity (Wildman–Crippen MR) is 87.5 cm³/mol. The average molecular weight is 277 g/mol. The van der Waals surface area contributed by atoms with Crippen LogP contribution in [0.4, 0.5) is 0 Å². The Hall–Kier alpha value is -1.02. The quantitative estimate of drug-likeness (QED) is 0.683. The highest BCUT2D eigenvalue weighted by Gasteiger charge is 2.05. The van der Waals surface area contributed by atoms with Crippen LogP contribution in [0.15, 0.2) is 18.2 Å². The number of hydrogen-bond donors (Lipinski definition) is 1. The topological polar surface area (TPSA) is 21.3 Å². The van der Waals surface area contributed by atoms with Crippen LogP contribution in [-0.4, -0.2) is 20.2 Å². The van der Waals surface area contributed by atoms with Crippen LogP contribution in [0.2, 0.25) is 0 Å². The summed E-state index contributed by atoms with van der Waals surface area (Å²) in [7, 11) is 1.73. The molecule has 0 saturated heterocycles. The van der Waals surface area contributed by atoms with Crippen molar-refractivity contribution in [2.24, 2.45) is 11.8 Å². The summed E-state index contributed by atoms with van der Waals surface area (Å²) in [6.45, 7) is 11.2. The fraction of sp³-hybridized carbons (Fsp3) is 0.667. The van der Waals surface area contributed by atoms with Gasteiger partial charge >= 0.3 is 0 Å². The number of benzene rings is 1. The van der Waals surface area contributed by atoms with Gasteiger partial charge in [0.25, 0.3) is 0 Å². The number of ether oxygens (including phenoxy) is 1. The number of rotatable bonds is 9. The molecule has 0 aliphatic heterocycles. The first-order chi connectivity index (χ1) is 9.52. The van der Waals surface area contributed by atoms with Crippen LogP contribution in [-0.2, 0) is 6.42 Å². The van der Waals surface area contributed by atoms with Gasteiger partial charge in [-0.1, -0.05) is 32.9 Å². The summed E-state index contributed by atoms with van der Waals surface area (Å²) in [4.78, 5) is 0. The highest BCUT2D eigenvalue weighted by atomic mass is 16.5. The number of nitrogens with one attached hydrogen (secondary N) is 1. The summed E-state index contributed by atoms with van der Waals surface area (Å²) in [6, 6.07) is 6.53. The van der Waals surface area contributed by atoms with Gasteiger partial charge in [-0.15, -0.1) is 0 Å². The SMILES string of the molecule is COc1ccc(CCC(C)CCNCC(C)C)cc1C. The van der Waals surface area contributed by atoms with E-state index in [0.717, 1.165) is 37.1 Å². The van der Waals surface area contributed by atoms with E-state index >= 15 is 0 Å². The molecule has 2 nitrogen and oxygen atoms in total. The van der Waals surface area contributed by atoms with E-state index in [0.29, 0.717) is 0 Å². The Bertz CT molecular complexity index is 387. The van der Waals surface area contributed by atoms with Crippen molar-refractivity contribution >= 4 is 0 Å². The third kappa shape index (κ3) is 6.42. The van der Waals surface area contributed by atoms with Crippen LogP contribution in [0.25, 0.3) is 0 Å². The van der Waals surface area contributed by atoms with Crippen LogP contribution in [0.1, 0.15) is 44.7 Å². The maximum Gasteiger partial charge on any atom is 0.121 e. The number of aryl methyl sites for hydroxylation is 2. The van der Waals surface area contributed by atoms with Gasteiger partial charge in [-0.25, -0.2) is 0 Å². The largest absolute Gasteiger partial charge is 0.496 e. The van der Waals surface area contributed by atoms with Crippen molar-refractivity contribution in [1.29, 1.82) is 0 Å². The lowest BCUT2D eigenvalue weighted by Crippen LogP contribution is -2.22. The van der Waals surface area contributed by atoms with E-state index in [1.165, 1.54) is 24.0 Å². The zero-order chi connectivity index (χ0) is 15.0. The smallest absolute Gasteiger partial charge is 0.121 e. The minimum atomic E-state index is 0.743. The van der Waals surface area contributed by atoms with Crippen LogP contribution < -0.4 is 10.1 Å². The Labute approximate surface area is 124 Å². The highest BCUT2D eigenvalue weighted by molar-refractivity contribution is 5.36. The van der Waals surface area contributed by atoms with E-state index in [2.05, 4.69) is 51.2 Å². The van der Waals surface area contributed by atoms with E-state index in [1.54, 1.807) is 7.11 Å². The molecule has 114 valence electrons. The Kier molecular flexibility index (Phi) is 7.68. The van der Waals surface area contributed by atoms with Crippen LogP contribution in [0, 0.1) is 18.8 Å². The lowest BCUT2D eigenvalue weighted by Gasteiger charge is -2.13. The van der Waals surface area contributed by atoms with Gasteiger partial charge in [-0.2, -0.15) is 0 Å². The molecule has 0 aromatic heterocycles. The fourth-order valence-electron chi connectivity index (χ4n) is 2.39. The zero-order valence-electron chi connectivity index (χ0n) is 13.8. The van der Waals surface area contributed by atoms with Gasteiger partial charge in [0, 0.05) is 0 Å². The van der Waals surface area contributed by atoms with Crippen molar-refractivity contribution in [2.75, 3.05) is 20.2 Å². The Morgan fingerprint density at radius 1 is 1.15 bits per heavy atom. The molecule has 20 heavy (non-hydrogen) atoms. The minimum absolute atomic E-state index is 0.743. The molecule has 0 fully saturated rings. The van der Waals surface area contributed by atoms with Gasteiger partial charge in [-0.3, -0.25) is 0 Å². The molecule has 0 saturated carbocycles. The summed E-state index contributed by atoms with van der Waals surface area (Å²) < 4.78 is 5.30. The highest BCUT2D eigenvalue weighted by Crippen LogP contribution is 2.20. The first kappa shape index (κ1) is 17.0. The number of methoxy groups -OCH3 is 1. The van der Waals surface area contributed by atoms with E-state index in [1.807, 2.05) is 0 Å². The molecule has 0 amide bonds. The van der Waals surface area contributed by atoms with Gasteiger partial charge in [0.15, 0.2) is 0 Å². The Balaban J connectivity index is 2.26. The monoisotopic (exact) mass is 277 g/mol. The van der Waals surface area contributed by atoms with E-state index in [9.17, 15) is 0 Å². The maximum absolute atomic E-state index is 5.30. The molecule has 0 aliphatic rings. The molecule has 0 radical (unpaired) electrons. The summed E-state index contributed by atoms with van der Waals surface area (Å²) in [5.74, 6) is 2.50. The second kappa shape index (κ2) is 9.02. The molecule has 2 heteroatoms. The van der Waals surface area contributed by atoms with Crippen molar-refractivity contribution in [3.8, 4) is 5.75 Å². The average Bonchev–Trinajstić information content (AvgIpc) is 2.41. The first-order valence-corrected chi connectivity index (χ1v) is 7.87. The van der Waals surface area contributed by atoms with E-state index in [-0.39, 0.29) is 0 Å². The van der Waals surface area contributed by atoms with Crippen LogP contribution in [0.5, 0.6) is 5.75 Å². The molecule has 0 aliphatic carbocycles. The Morgan fingerprint density at radius 2 is 1.90 bits per heavy atom. The summed E-state index contributed by atoms with van der Waals surface area (Å²) in [6.07, 6.45) is 3.69. The first-order valence-electron chi connectivity index (χ1n) is 7.87. The standard InChI is InChI=1S/C18H31NO/c1-14(2)13-19-11-10-15(3)6-7-17-8-9-18(20-5)16(4)12-17/h8-9,12,14-15,19H,6-7,10-11,13H2,1-5H3. The van der Waals surface area contributed by atoms with Crippen molar-refractivity contribution in [2.45, 2.75) is 47.0 Å². The molecular formula is C18H31NO. The molecule has 1 atom stereocenters. The fourth-order valence-corrected chi connectivity index (χ4v) is 2.39. The summed E-state index contributed by atoms with van der Waals surface area (Å²) >= 11 is 0. The third-order valence-corrected chi connectivity index (χ3v) is 3.75. The molecule has 0 spiro atoms. The van der Waals surface area contributed by atoms with Crippen molar-refractivity contribution < 1.29 is 4.74 Å². The number of hydrogen-bond acceptors (Lipinski definition) is 2. The second-order valence-corrected chi connectivity index (χ2v) is 6.33. The molecule has 1 unspecified atom stereocenters. The van der Waals surface area contributed by atoms with Crippen molar-refractivity contribution in [1.82, 2.24) is 5.32 Å². The normalized spacial score (nSPS) is 12.7. The zero-order valence-corrected chi connectivity index (χ0v) is 13.8. The maximum atomic E-state index is 5.30. The molecule has 0 heterocycles. The van der Waals surface area contributed by atoms with Crippen LogP contribution in [0.3, 0.4) is 0 Å². The lowest BCUT2D eigenvalue weighted by atomic mass is 9.97. The van der Waals surface area contributed by atoms with Crippen molar-refractivity contribution in [3.05, 3.63) is 29.3 Å². The minimum Gasteiger partial charge on any atom is -0.496 e. The molecule has 1 aromatic carbocycles. The molecule has 1 N–H and O–H groups in total. The molecule has 0 bridgehead atoms. The van der Waals surface area contributed by atoms with Gasteiger partial charge in [0.2, 0.25) is 0 Å². The molecule has 1 aromatic rings. The third-order valence-electron chi connectivity index (χ3n) is 3.75. The van der Waals surface area contributed by atoms with E-state index in [4.69, 9.17) is 4.74 Å². The predicted octanol–water partition coefficient (Wildman–Crippen LogP) is 4.21.